The lowest BCUT2D eigenvalue weighted by atomic mass is 9.98. The number of carbonyl (C=O) groups excluding carboxylic acids is 2. The molecule has 3 rings (SSSR count). The Hall–Kier alpha value is -2.78. The third-order valence-corrected chi connectivity index (χ3v) is 4.54. The van der Waals surface area contributed by atoms with E-state index >= 15 is 0 Å². The number of aliphatic hydroxyl groups is 2. The number of ether oxygens (including phenoxy) is 4. The zero-order valence-electron chi connectivity index (χ0n) is 15.7. The molecule has 154 valence electrons. The molecular formula is C21H22O8. The van der Waals surface area contributed by atoms with Crippen molar-refractivity contribution >= 4 is 11.9 Å². The third kappa shape index (κ3) is 4.80. The SMILES string of the molecule is CO[C@@H]1O[C@H](CO)[C@H](O)[C@H](OC(=O)c2ccccc2)[C@H]1OC(=O)c1ccccc1. The lowest BCUT2D eigenvalue weighted by Gasteiger charge is -2.42. The van der Waals surface area contributed by atoms with Gasteiger partial charge < -0.3 is 29.2 Å². The minimum atomic E-state index is -1.44. The first-order chi connectivity index (χ1) is 14.0. The molecule has 0 radical (unpaired) electrons. The van der Waals surface area contributed by atoms with Crippen LogP contribution in [-0.2, 0) is 18.9 Å². The van der Waals surface area contributed by atoms with Crippen LogP contribution in [0.15, 0.2) is 60.7 Å². The van der Waals surface area contributed by atoms with E-state index in [1.807, 2.05) is 0 Å². The van der Waals surface area contributed by atoms with Gasteiger partial charge in [-0.1, -0.05) is 36.4 Å². The topological polar surface area (TPSA) is 112 Å². The first-order valence-electron chi connectivity index (χ1n) is 9.04. The zero-order chi connectivity index (χ0) is 20.8. The fourth-order valence-corrected chi connectivity index (χ4v) is 3.02. The zero-order valence-corrected chi connectivity index (χ0v) is 15.7. The number of carbonyl (C=O) groups is 2. The van der Waals surface area contributed by atoms with Crippen molar-refractivity contribution in [3.63, 3.8) is 0 Å². The van der Waals surface area contributed by atoms with Gasteiger partial charge in [-0.2, -0.15) is 0 Å². The Morgan fingerprint density at radius 2 is 1.38 bits per heavy atom. The number of benzene rings is 2. The van der Waals surface area contributed by atoms with Crippen LogP contribution >= 0.6 is 0 Å². The van der Waals surface area contributed by atoms with E-state index in [2.05, 4.69) is 0 Å². The highest BCUT2D eigenvalue weighted by molar-refractivity contribution is 5.90. The van der Waals surface area contributed by atoms with E-state index in [1.165, 1.54) is 7.11 Å². The average molecular weight is 402 g/mol. The van der Waals surface area contributed by atoms with Crippen molar-refractivity contribution in [1.82, 2.24) is 0 Å². The number of aliphatic hydroxyl groups excluding tert-OH is 2. The van der Waals surface area contributed by atoms with Crippen molar-refractivity contribution in [3.05, 3.63) is 71.8 Å². The molecule has 0 aliphatic carbocycles. The van der Waals surface area contributed by atoms with E-state index in [9.17, 15) is 19.8 Å². The van der Waals surface area contributed by atoms with Crippen LogP contribution in [0.25, 0.3) is 0 Å². The molecule has 1 saturated heterocycles. The number of hydrogen-bond acceptors (Lipinski definition) is 8. The van der Waals surface area contributed by atoms with Gasteiger partial charge in [0.1, 0.15) is 12.2 Å². The molecule has 2 aromatic carbocycles. The van der Waals surface area contributed by atoms with Crippen molar-refractivity contribution in [2.75, 3.05) is 13.7 Å². The molecule has 0 amide bonds. The second-order valence-electron chi connectivity index (χ2n) is 6.42. The molecule has 2 N–H and O–H groups in total. The maximum atomic E-state index is 12.5. The van der Waals surface area contributed by atoms with Gasteiger partial charge >= 0.3 is 11.9 Å². The van der Waals surface area contributed by atoms with Crippen LogP contribution in [0.4, 0.5) is 0 Å². The second kappa shape index (κ2) is 9.62. The van der Waals surface area contributed by atoms with Gasteiger partial charge in [0.25, 0.3) is 0 Å². The maximum Gasteiger partial charge on any atom is 0.338 e. The normalized spacial score (nSPS) is 26.5. The maximum absolute atomic E-state index is 12.5. The molecule has 1 aliphatic rings. The number of rotatable bonds is 6. The number of esters is 2. The quantitative estimate of drug-likeness (QED) is 0.693. The van der Waals surface area contributed by atoms with Gasteiger partial charge in [0.05, 0.1) is 17.7 Å². The van der Waals surface area contributed by atoms with Crippen LogP contribution in [0.2, 0.25) is 0 Å². The number of hydrogen-bond donors (Lipinski definition) is 2. The summed E-state index contributed by atoms with van der Waals surface area (Å²) in [4.78, 5) is 25.1. The van der Waals surface area contributed by atoms with E-state index < -0.39 is 49.3 Å². The minimum absolute atomic E-state index is 0.258. The van der Waals surface area contributed by atoms with Gasteiger partial charge in [-0.05, 0) is 24.3 Å². The molecule has 0 bridgehead atoms. The summed E-state index contributed by atoms with van der Waals surface area (Å²) in [6, 6.07) is 16.4. The molecule has 29 heavy (non-hydrogen) atoms. The van der Waals surface area contributed by atoms with E-state index in [-0.39, 0.29) is 11.1 Å². The molecule has 0 spiro atoms. The summed E-state index contributed by atoms with van der Waals surface area (Å²) < 4.78 is 21.7. The summed E-state index contributed by atoms with van der Waals surface area (Å²) in [5, 5.41) is 20.1. The highest BCUT2D eigenvalue weighted by Gasteiger charge is 2.50. The fraction of sp³-hybridized carbons (Fsp3) is 0.333. The molecule has 8 nitrogen and oxygen atoms in total. The van der Waals surface area contributed by atoms with Crippen LogP contribution in [0.5, 0.6) is 0 Å². The van der Waals surface area contributed by atoms with Gasteiger partial charge in [-0.15, -0.1) is 0 Å². The Labute approximate surface area is 167 Å². The molecule has 5 atom stereocenters. The molecule has 1 aliphatic heterocycles. The Balaban J connectivity index is 1.85. The highest BCUT2D eigenvalue weighted by Crippen LogP contribution is 2.28. The summed E-state index contributed by atoms with van der Waals surface area (Å²) in [5.74, 6) is -1.42. The summed E-state index contributed by atoms with van der Waals surface area (Å²) in [6.45, 7) is -0.542. The largest absolute Gasteiger partial charge is 0.452 e. The molecule has 0 unspecified atom stereocenters. The monoisotopic (exact) mass is 402 g/mol. The van der Waals surface area contributed by atoms with Crippen molar-refractivity contribution in [3.8, 4) is 0 Å². The first kappa shape index (κ1) is 20.9. The Kier molecular flexibility index (Phi) is 6.95. The molecule has 2 aromatic rings. The minimum Gasteiger partial charge on any atom is -0.452 e. The Morgan fingerprint density at radius 3 is 1.83 bits per heavy atom. The average Bonchev–Trinajstić information content (AvgIpc) is 2.77. The van der Waals surface area contributed by atoms with E-state index in [1.54, 1.807) is 60.7 Å². The Bertz CT molecular complexity index is 810. The van der Waals surface area contributed by atoms with E-state index in [4.69, 9.17) is 18.9 Å². The van der Waals surface area contributed by atoms with Crippen molar-refractivity contribution in [2.45, 2.75) is 30.7 Å². The highest BCUT2D eigenvalue weighted by atomic mass is 16.7. The number of methoxy groups -OCH3 is 1. The summed E-state index contributed by atoms with van der Waals surface area (Å²) in [7, 11) is 1.32. The first-order valence-corrected chi connectivity index (χ1v) is 9.04. The Morgan fingerprint density at radius 1 is 0.897 bits per heavy atom. The van der Waals surface area contributed by atoms with Gasteiger partial charge in [0, 0.05) is 7.11 Å². The standard InChI is InChI=1S/C21H22O8/c1-26-21-18(29-20(25)14-10-6-3-7-11-14)17(16(23)15(12-22)27-21)28-19(24)13-8-4-2-5-9-13/h2-11,15-18,21-23H,12H2,1H3/t15-,16+,17+,18-,21-/m1/s1. The second-order valence-corrected chi connectivity index (χ2v) is 6.42. The molecule has 8 heteroatoms. The molecule has 1 fully saturated rings. The fourth-order valence-electron chi connectivity index (χ4n) is 3.02. The predicted octanol–water partition coefficient (Wildman–Crippen LogP) is 1.16. The summed E-state index contributed by atoms with van der Waals surface area (Å²) in [5.41, 5.74) is 0.531. The molecule has 0 saturated carbocycles. The van der Waals surface area contributed by atoms with Gasteiger partial charge in [-0.25, -0.2) is 9.59 Å². The van der Waals surface area contributed by atoms with Crippen molar-refractivity contribution < 1.29 is 38.7 Å². The third-order valence-electron chi connectivity index (χ3n) is 4.54. The summed E-state index contributed by atoms with van der Waals surface area (Å²) >= 11 is 0. The van der Waals surface area contributed by atoms with Gasteiger partial charge in [-0.3, -0.25) is 0 Å². The predicted molar refractivity (Wildman–Crippen MR) is 100 cm³/mol. The van der Waals surface area contributed by atoms with Crippen LogP contribution in [0, 0.1) is 0 Å². The summed E-state index contributed by atoms with van der Waals surface area (Å²) in [6.07, 6.45) is -6.24. The van der Waals surface area contributed by atoms with E-state index in [0.29, 0.717) is 0 Å². The van der Waals surface area contributed by atoms with Crippen LogP contribution in [0.1, 0.15) is 20.7 Å². The van der Waals surface area contributed by atoms with Crippen LogP contribution < -0.4 is 0 Å². The van der Waals surface area contributed by atoms with Crippen LogP contribution in [0.3, 0.4) is 0 Å². The smallest absolute Gasteiger partial charge is 0.338 e. The van der Waals surface area contributed by atoms with Crippen LogP contribution in [-0.4, -0.2) is 66.6 Å². The van der Waals surface area contributed by atoms with Gasteiger partial charge in [0.2, 0.25) is 0 Å². The van der Waals surface area contributed by atoms with Crippen molar-refractivity contribution in [2.24, 2.45) is 0 Å². The molecule has 1 heterocycles. The lowest BCUT2D eigenvalue weighted by molar-refractivity contribution is -0.292. The van der Waals surface area contributed by atoms with Gasteiger partial charge in [0.15, 0.2) is 18.5 Å². The molecule has 0 aromatic heterocycles. The van der Waals surface area contributed by atoms with Crippen molar-refractivity contribution in [1.29, 1.82) is 0 Å². The molecular weight excluding hydrogens is 380 g/mol. The lowest BCUT2D eigenvalue weighted by Crippen LogP contribution is -2.61. The van der Waals surface area contributed by atoms with E-state index in [0.717, 1.165) is 0 Å².